The second-order valence-corrected chi connectivity index (χ2v) is 6.02. The summed E-state index contributed by atoms with van der Waals surface area (Å²) < 4.78 is 18.5. The summed E-state index contributed by atoms with van der Waals surface area (Å²) in [5, 5.41) is 4.25. The molecule has 1 aromatic heterocycles. The summed E-state index contributed by atoms with van der Waals surface area (Å²) in [6.07, 6.45) is 2.73. The van der Waals surface area contributed by atoms with E-state index in [0.717, 1.165) is 12.8 Å². The molecule has 0 radical (unpaired) electrons. The van der Waals surface area contributed by atoms with Crippen LogP contribution in [0.4, 0.5) is 4.39 Å². The second-order valence-electron chi connectivity index (χ2n) is 5.61. The number of aromatic nitrogens is 2. The van der Waals surface area contributed by atoms with Crippen LogP contribution in [0.15, 0.2) is 22.7 Å². The summed E-state index contributed by atoms with van der Waals surface area (Å²) in [5.74, 6) is 0.717. The molecule has 0 spiro atoms. The third-order valence-corrected chi connectivity index (χ3v) is 4.28. The highest BCUT2D eigenvalue weighted by Crippen LogP contribution is 2.34. The summed E-state index contributed by atoms with van der Waals surface area (Å²) in [6, 6.07) is 3.93. The van der Waals surface area contributed by atoms with E-state index in [-0.39, 0.29) is 11.9 Å². The summed E-state index contributed by atoms with van der Waals surface area (Å²) in [6.45, 7) is 2.34. The third-order valence-electron chi connectivity index (χ3n) is 3.93. The van der Waals surface area contributed by atoms with Crippen LogP contribution in [0.2, 0.25) is 5.02 Å². The molecule has 1 atom stereocenters. The molecule has 1 aliphatic rings. The van der Waals surface area contributed by atoms with Crippen LogP contribution in [-0.2, 0) is 17.8 Å². The zero-order chi connectivity index (χ0) is 16.4. The van der Waals surface area contributed by atoms with Gasteiger partial charge in [0.1, 0.15) is 11.9 Å². The second kappa shape index (κ2) is 6.66. The predicted octanol–water partition coefficient (Wildman–Crippen LogP) is 3.68. The van der Waals surface area contributed by atoms with Crippen LogP contribution in [-0.4, -0.2) is 20.9 Å². The number of benzene rings is 1. The first-order chi connectivity index (χ1) is 11.1. The normalized spacial score (nSPS) is 18.0. The van der Waals surface area contributed by atoms with E-state index in [9.17, 15) is 9.18 Å². The lowest BCUT2D eigenvalue weighted by atomic mass is 10.1. The standard InChI is InChI=1S/C16H17ClFN3O2/c1-2-3-14-19-16(23-20-14)13-6-7-15(22)21(13)9-10-4-5-11(18)8-12(10)17/h4-5,8,13H,2-3,6-7,9H2,1H3. The monoisotopic (exact) mass is 337 g/mol. The van der Waals surface area contributed by atoms with Crippen LogP contribution in [0.3, 0.4) is 0 Å². The molecule has 3 rings (SSSR count). The van der Waals surface area contributed by atoms with Gasteiger partial charge in [-0.3, -0.25) is 4.79 Å². The van der Waals surface area contributed by atoms with Gasteiger partial charge in [0.2, 0.25) is 11.8 Å². The minimum atomic E-state index is -0.399. The fraction of sp³-hybridized carbons (Fsp3) is 0.438. The molecular formula is C16H17ClFN3O2. The van der Waals surface area contributed by atoms with Crippen molar-refractivity contribution in [2.24, 2.45) is 0 Å². The highest BCUT2D eigenvalue weighted by atomic mass is 35.5. The summed E-state index contributed by atoms with van der Waals surface area (Å²) in [5.41, 5.74) is 0.696. The van der Waals surface area contributed by atoms with E-state index in [2.05, 4.69) is 10.1 Å². The minimum Gasteiger partial charge on any atom is -0.337 e. The first-order valence-corrected chi connectivity index (χ1v) is 8.02. The molecule has 7 heteroatoms. The number of carbonyl (C=O) groups is 1. The maximum absolute atomic E-state index is 13.2. The Morgan fingerprint density at radius 3 is 3.04 bits per heavy atom. The highest BCUT2D eigenvalue weighted by Gasteiger charge is 2.36. The predicted molar refractivity (Wildman–Crippen MR) is 82.2 cm³/mol. The SMILES string of the molecule is CCCc1noc(C2CCC(=O)N2Cc2ccc(F)cc2Cl)n1. The first kappa shape index (κ1) is 15.9. The maximum Gasteiger partial charge on any atom is 0.249 e. The van der Waals surface area contributed by atoms with Gasteiger partial charge in [-0.15, -0.1) is 0 Å². The van der Waals surface area contributed by atoms with Crippen molar-refractivity contribution in [3.63, 3.8) is 0 Å². The number of rotatable bonds is 5. The van der Waals surface area contributed by atoms with Crippen LogP contribution in [0.5, 0.6) is 0 Å². The number of likely N-dealkylation sites (tertiary alicyclic amines) is 1. The number of halogens is 2. The van der Waals surface area contributed by atoms with Crippen molar-refractivity contribution in [3.8, 4) is 0 Å². The first-order valence-electron chi connectivity index (χ1n) is 7.64. The lowest BCUT2D eigenvalue weighted by Crippen LogP contribution is -2.27. The summed E-state index contributed by atoms with van der Waals surface area (Å²) in [7, 11) is 0. The molecule has 0 aliphatic carbocycles. The average Bonchev–Trinajstić information content (AvgIpc) is 3.10. The van der Waals surface area contributed by atoms with Gasteiger partial charge in [0.05, 0.1) is 0 Å². The summed E-state index contributed by atoms with van der Waals surface area (Å²) in [4.78, 5) is 18.2. The van der Waals surface area contributed by atoms with Gasteiger partial charge < -0.3 is 9.42 Å². The number of carbonyl (C=O) groups excluding carboxylic acids is 1. The Morgan fingerprint density at radius 2 is 2.30 bits per heavy atom. The van der Waals surface area contributed by atoms with Gasteiger partial charge >= 0.3 is 0 Å². The van der Waals surface area contributed by atoms with E-state index in [0.29, 0.717) is 41.7 Å². The van der Waals surface area contributed by atoms with Gasteiger partial charge in [0, 0.05) is 24.4 Å². The van der Waals surface area contributed by atoms with Crippen LogP contribution in [0.1, 0.15) is 49.5 Å². The Hall–Kier alpha value is -1.95. The topological polar surface area (TPSA) is 59.2 Å². The summed E-state index contributed by atoms with van der Waals surface area (Å²) >= 11 is 6.07. The minimum absolute atomic E-state index is 0.00522. The molecule has 1 saturated heterocycles. The molecule has 2 heterocycles. The number of aryl methyl sites for hydroxylation is 1. The van der Waals surface area contributed by atoms with E-state index < -0.39 is 5.82 Å². The van der Waals surface area contributed by atoms with E-state index in [1.807, 2.05) is 6.92 Å². The van der Waals surface area contributed by atoms with Crippen molar-refractivity contribution in [2.75, 3.05) is 0 Å². The largest absolute Gasteiger partial charge is 0.337 e. The molecule has 23 heavy (non-hydrogen) atoms. The van der Waals surface area contributed by atoms with Gasteiger partial charge in [-0.25, -0.2) is 4.39 Å². The Bertz CT molecular complexity index is 719. The van der Waals surface area contributed by atoms with E-state index in [4.69, 9.17) is 16.1 Å². The molecule has 0 N–H and O–H groups in total. The van der Waals surface area contributed by atoms with Crippen molar-refractivity contribution < 1.29 is 13.7 Å². The Balaban J connectivity index is 1.81. The number of nitrogens with zero attached hydrogens (tertiary/aromatic N) is 3. The van der Waals surface area contributed by atoms with E-state index in [1.54, 1.807) is 11.0 Å². The van der Waals surface area contributed by atoms with Gasteiger partial charge in [-0.1, -0.05) is 29.7 Å². The lowest BCUT2D eigenvalue weighted by Gasteiger charge is -2.22. The van der Waals surface area contributed by atoms with Crippen molar-refractivity contribution in [2.45, 2.75) is 45.2 Å². The molecule has 2 aromatic rings. The zero-order valence-electron chi connectivity index (χ0n) is 12.8. The highest BCUT2D eigenvalue weighted by molar-refractivity contribution is 6.31. The molecule has 0 bridgehead atoms. The van der Waals surface area contributed by atoms with E-state index >= 15 is 0 Å². The molecule has 1 unspecified atom stereocenters. The van der Waals surface area contributed by atoms with Crippen molar-refractivity contribution in [1.29, 1.82) is 0 Å². The third kappa shape index (κ3) is 3.37. The van der Waals surface area contributed by atoms with Crippen LogP contribution < -0.4 is 0 Å². The molecule has 1 aromatic carbocycles. The van der Waals surface area contributed by atoms with Gasteiger partial charge in [-0.05, 0) is 30.5 Å². The quantitative estimate of drug-likeness (QED) is 0.835. The number of hydrogen-bond donors (Lipinski definition) is 0. The van der Waals surface area contributed by atoms with Gasteiger partial charge in [0.15, 0.2) is 5.82 Å². The zero-order valence-corrected chi connectivity index (χ0v) is 13.5. The van der Waals surface area contributed by atoms with Gasteiger partial charge in [-0.2, -0.15) is 4.98 Å². The van der Waals surface area contributed by atoms with Crippen molar-refractivity contribution in [3.05, 3.63) is 46.3 Å². The Kier molecular flexibility index (Phi) is 4.61. The number of amides is 1. The van der Waals surface area contributed by atoms with Crippen molar-refractivity contribution in [1.82, 2.24) is 15.0 Å². The molecule has 1 aliphatic heterocycles. The van der Waals surface area contributed by atoms with E-state index in [1.165, 1.54) is 12.1 Å². The average molecular weight is 338 g/mol. The fourth-order valence-electron chi connectivity index (χ4n) is 2.75. The van der Waals surface area contributed by atoms with Crippen LogP contribution in [0, 0.1) is 5.82 Å². The smallest absolute Gasteiger partial charge is 0.249 e. The van der Waals surface area contributed by atoms with Crippen LogP contribution >= 0.6 is 11.6 Å². The molecule has 122 valence electrons. The molecule has 5 nitrogen and oxygen atoms in total. The molecule has 0 saturated carbocycles. The maximum atomic E-state index is 13.2. The molecular weight excluding hydrogens is 321 g/mol. The molecule has 1 fully saturated rings. The van der Waals surface area contributed by atoms with Crippen LogP contribution in [0.25, 0.3) is 0 Å². The number of hydrogen-bond acceptors (Lipinski definition) is 4. The lowest BCUT2D eigenvalue weighted by molar-refractivity contribution is -0.129. The van der Waals surface area contributed by atoms with Gasteiger partial charge in [0.25, 0.3) is 0 Å². The Morgan fingerprint density at radius 1 is 1.48 bits per heavy atom. The Labute approximate surface area is 138 Å². The molecule has 1 amide bonds. The fourth-order valence-corrected chi connectivity index (χ4v) is 2.98. The van der Waals surface area contributed by atoms with Crippen molar-refractivity contribution >= 4 is 17.5 Å².